The maximum atomic E-state index is 11.0. The molecule has 17 heavy (non-hydrogen) atoms. The van der Waals surface area contributed by atoms with Crippen LogP contribution < -0.4 is 32.4 Å². The molecule has 1 rings (SSSR count). The quantitative estimate of drug-likeness (QED) is 0.187. The van der Waals surface area contributed by atoms with Crippen molar-refractivity contribution >= 4 is 35.6 Å². The van der Waals surface area contributed by atoms with Crippen LogP contribution in [0, 0.1) is 0 Å². The van der Waals surface area contributed by atoms with Crippen molar-refractivity contribution in [3.05, 3.63) is 10.7 Å². The third kappa shape index (κ3) is 3.82. The molecule has 0 saturated carbocycles. The van der Waals surface area contributed by atoms with Crippen LogP contribution in [-0.4, -0.2) is 10.3 Å². The molecule has 1 aromatic rings. The molecule has 0 aliphatic rings. The maximum Gasteiger partial charge on any atom is 2.00 e. The standard InChI is InChI=1S/C6H8N6O2S2.Cu/c7-5(15)11-9-1-2(4(14)3(1)13)10-12-6(8)16;/h13-14H,(H3,7,11,15)(H3,8,12,16);/q;+2/p-4. The minimum Gasteiger partial charge on any atom is -0.871 e. The van der Waals surface area contributed by atoms with E-state index >= 15 is 0 Å². The molecule has 8 nitrogen and oxygen atoms in total. The van der Waals surface area contributed by atoms with Gasteiger partial charge in [-0.25, -0.2) is 0 Å². The van der Waals surface area contributed by atoms with Crippen molar-refractivity contribution in [2.24, 2.45) is 31.9 Å². The van der Waals surface area contributed by atoms with Crippen molar-refractivity contribution in [1.82, 2.24) is 0 Å². The zero-order valence-corrected chi connectivity index (χ0v) is 10.5. The molecule has 0 amide bonds. The molecule has 4 N–H and O–H groups in total. The van der Waals surface area contributed by atoms with Gasteiger partial charge >= 0.3 is 17.1 Å². The van der Waals surface area contributed by atoms with Gasteiger partial charge in [-0.1, -0.05) is 11.5 Å². The van der Waals surface area contributed by atoms with E-state index in [0.717, 1.165) is 0 Å². The Bertz CT molecular complexity index is 501. The Morgan fingerprint density at radius 3 is 1.41 bits per heavy atom. The Labute approximate surface area is 117 Å². The monoisotopic (exact) mass is 319 g/mol. The number of amidine groups is 2. The summed E-state index contributed by atoms with van der Waals surface area (Å²) in [5.74, 6) is -1.67. The van der Waals surface area contributed by atoms with E-state index in [1.54, 1.807) is 0 Å². The summed E-state index contributed by atoms with van der Waals surface area (Å²) in [6, 6.07) is 0. The predicted octanol–water partition coefficient (Wildman–Crippen LogP) is -3.94. The van der Waals surface area contributed by atoms with Crippen molar-refractivity contribution in [3.8, 4) is 11.5 Å². The fraction of sp³-hybridized carbons (Fsp3) is 0. The SMILES string of the molecule is NC([S-])=NN=c1c([O-])c([O-])c1=NN=C(N)[S-].[Cu+2]. The van der Waals surface area contributed by atoms with Gasteiger partial charge in [0.2, 0.25) is 0 Å². The first kappa shape index (κ1) is 15.6. The predicted molar refractivity (Wildman–Crippen MR) is 56.8 cm³/mol. The van der Waals surface area contributed by atoms with Crippen LogP contribution in [0.5, 0.6) is 11.5 Å². The van der Waals surface area contributed by atoms with Crippen LogP contribution in [0.4, 0.5) is 0 Å². The number of hydrogen-bond acceptors (Lipinski definition) is 8. The molecular formula is C6H4CuN6O2S2-2. The van der Waals surface area contributed by atoms with Gasteiger partial charge in [0.05, 0.1) is 0 Å². The minimum absolute atomic E-state index is 0. The van der Waals surface area contributed by atoms with Crippen molar-refractivity contribution < 1.29 is 27.3 Å². The Hall–Kier alpha value is -1.42. The van der Waals surface area contributed by atoms with Gasteiger partial charge < -0.3 is 46.9 Å². The van der Waals surface area contributed by atoms with Gasteiger partial charge in [-0.15, -0.1) is 10.2 Å². The van der Waals surface area contributed by atoms with Gasteiger partial charge in [0, 0.05) is 0 Å². The summed E-state index contributed by atoms with van der Waals surface area (Å²) in [5.41, 5.74) is 10.0. The van der Waals surface area contributed by atoms with Gasteiger partial charge in [-0.3, -0.25) is 0 Å². The van der Waals surface area contributed by atoms with E-state index < -0.39 is 11.5 Å². The van der Waals surface area contributed by atoms with Crippen LogP contribution in [0.1, 0.15) is 0 Å². The van der Waals surface area contributed by atoms with Crippen LogP contribution in [0.25, 0.3) is 0 Å². The Morgan fingerprint density at radius 2 is 1.18 bits per heavy atom. The Kier molecular flexibility index (Phi) is 5.82. The first-order valence-corrected chi connectivity index (χ1v) is 4.50. The van der Waals surface area contributed by atoms with Crippen molar-refractivity contribution in [2.75, 3.05) is 0 Å². The Balaban J connectivity index is 0.00000256. The maximum absolute atomic E-state index is 11.0. The molecule has 11 heteroatoms. The summed E-state index contributed by atoms with van der Waals surface area (Å²) in [6.07, 6.45) is 0. The average Bonchev–Trinajstić information content (AvgIpc) is 2.20. The molecule has 1 aromatic carbocycles. The van der Waals surface area contributed by atoms with Crippen molar-refractivity contribution in [3.63, 3.8) is 0 Å². The largest absolute Gasteiger partial charge is 2.00 e. The molecule has 0 fully saturated rings. The summed E-state index contributed by atoms with van der Waals surface area (Å²) in [4.78, 5) is 0. The molecule has 0 spiro atoms. The second kappa shape index (κ2) is 6.35. The minimum atomic E-state index is -0.836. The van der Waals surface area contributed by atoms with E-state index in [1.165, 1.54) is 0 Å². The topological polar surface area (TPSA) is 148 Å². The van der Waals surface area contributed by atoms with E-state index in [2.05, 4.69) is 45.7 Å². The molecular weight excluding hydrogens is 316 g/mol. The van der Waals surface area contributed by atoms with Crippen LogP contribution in [0.3, 0.4) is 0 Å². The van der Waals surface area contributed by atoms with Gasteiger partial charge in [0.25, 0.3) is 0 Å². The zero-order chi connectivity index (χ0) is 12.3. The molecule has 0 bridgehead atoms. The number of nitrogens with zero attached hydrogens (tertiary/aromatic N) is 4. The molecule has 1 radical (unpaired) electrons. The van der Waals surface area contributed by atoms with Gasteiger partial charge in [-0.05, 0) is 10.3 Å². The molecule has 95 valence electrons. The third-order valence-electron chi connectivity index (χ3n) is 1.36. The second-order valence-electron chi connectivity index (χ2n) is 2.43. The van der Waals surface area contributed by atoms with Crippen molar-refractivity contribution in [2.45, 2.75) is 0 Å². The van der Waals surface area contributed by atoms with Crippen molar-refractivity contribution in [1.29, 1.82) is 0 Å². The van der Waals surface area contributed by atoms with E-state index in [4.69, 9.17) is 11.5 Å². The first-order valence-electron chi connectivity index (χ1n) is 3.69. The van der Waals surface area contributed by atoms with Gasteiger partial charge in [0.1, 0.15) is 10.7 Å². The zero-order valence-electron chi connectivity index (χ0n) is 7.88. The van der Waals surface area contributed by atoms with E-state index in [1.807, 2.05) is 0 Å². The Morgan fingerprint density at radius 1 is 0.882 bits per heavy atom. The third-order valence-corrected chi connectivity index (χ3v) is 1.52. The summed E-state index contributed by atoms with van der Waals surface area (Å²) in [5, 5.41) is 34.2. The normalized spacial score (nSPS) is 15.1. The summed E-state index contributed by atoms with van der Waals surface area (Å²) >= 11 is 8.81. The van der Waals surface area contributed by atoms with E-state index in [0.29, 0.717) is 0 Å². The smallest absolute Gasteiger partial charge is 0.871 e. The molecule has 0 heterocycles. The van der Waals surface area contributed by atoms with Crippen LogP contribution in [0.2, 0.25) is 0 Å². The molecule has 0 aliphatic heterocycles. The number of nitrogens with two attached hydrogens (primary N) is 2. The number of rotatable bonds is 2. The van der Waals surface area contributed by atoms with Crippen LogP contribution >= 0.6 is 0 Å². The summed E-state index contributed by atoms with van der Waals surface area (Å²) in [7, 11) is 0. The van der Waals surface area contributed by atoms with E-state index in [9.17, 15) is 10.2 Å². The van der Waals surface area contributed by atoms with E-state index in [-0.39, 0.29) is 38.1 Å². The summed E-state index contributed by atoms with van der Waals surface area (Å²) in [6.45, 7) is 0. The van der Waals surface area contributed by atoms with Crippen LogP contribution in [0.15, 0.2) is 20.4 Å². The first-order chi connectivity index (χ1) is 7.43. The van der Waals surface area contributed by atoms with Crippen LogP contribution in [-0.2, 0) is 42.3 Å². The molecule has 0 atom stereocenters. The second-order valence-corrected chi connectivity index (χ2v) is 3.27. The van der Waals surface area contributed by atoms with Gasteiger partial charge in [-0.2, -0.15) is 10.2 Å². The molecule has 0 saturated heterocycles. The molecule has 0 aromatic heterocycles. The molecule has 0 unspecified atom stereocenters. The number of hydrogen-bond donors (Lipinski definition) is 2. The fourth-order valence-corrected chi connectivity index (χ4v) is 0.833. The fourth-order valence-electron chi connectivity index (χ4n) is 0.752. The molecule has 0 aliphatic carbocycles. The van der Waals surface area contributed by atoms with Gasteiger partial charge in [0.15, 0.2) is 0 Å². The summed E-state index contributed by atoms with van der Waals surface area (Å²) < 4.78 is 0. The average molecular weight is 320 g/mol.